The van der Waals surface area contributed by atoms with Crippen molar-refractivity contribution in [2.45, 2.75) is 37.6 Å². The molecule has 4 heterocycles. The Kier molecular flexibility index (Phi) is 3.17. The number of benzene rings is 1. The second-order valence-corrected chi connectivity index (χ2v) is 7.69. The summed E-state index contributed by atoms with van der Waals surface area (Å²) in [7, 11) is 1.53. The van der Waals surface area contributed by atoms with E-state index in [4.69, 9.17) is 4.74 Å². The van der Waals surface area contributed by atoms with Crippen LogP contribution in [0, 0.1) is 5.92 Å². The summed E-state index contributed by atoms with van der Waals surface area (Å²) in [6, 6.07) is 8.56. The number of carbonyl (C=O) groups excluding carboxylic acids is 1. The van der Waals surface area contributed by atoms with Crippen LogP contribution in [0.1, 0.15) is 31.0 Å². The lowest BCUT2D eigenvalue weighted by atomic mass is 9.60. The van der Waals surface area contributed by atoms with Gasteiger partial charge in [-0.25, -0.2) is 0 Å². The predicted molar refractivity (Wildman–Crippen MR) is 97.5 cm³/mol. The minimum Gasteiger partial charge on any atom is -0.468 e. The Morgan fingerprint density at radius 1 is 1.40 bits per heavy atom. The molecule has 1 N–H and O–H groups in total. The van der Waals surface area contributed by atoms with Gasteiger partial charge in [0.05, 0.1) is 13.2 Å². The number of hydrogen-bond acceptors (Lipinski definition) is 3. The molecule has 1 fully saturated rings. The lowest BCUT2D eigenvalue weighted by Crippen LogP contribution is -2.63. The van der Waals surface area contributed by atoms with E-state index in [1.165, 1.54) is 23.6 Å². The topological polar surface area (TPSA) is 45.3 Å². The van der Waals surface area contributed by atoms with Gasteiger partial charge in [-0.1, -0.05) is 36.8 Å². The molecule has 2 unspecified atom stereocenters. The van der Waals surface area contributed by atoms with Crippen molar-refractivity contribution >= 4 is 16.9 Å². The molecule has 4 atom stereocenters. The number of H-pyrrole nitrogens is 1. The Balaban J connectivity index is 1.83. The quantitative estimate of drug-likeness (QED) is 0.677. The lowest BCUT2D eigenvalue weighted by molar-refractivity contribution is -0.153. The molecule has 1 aromatic carbocycles. The van der Waals surface area contributed by atoms with Crippen molar-refractivity contribution in [3.8, 4) is 0 Å². The number of hydrogen-bond donors (Lipinski definition) is 1. The highest BCUT2D eigenvalue weighted by atomic mass is 16.5. The molecule has 1 aliphatic carbocycles. The Labute approximate surface area is 147 Å². The van der Waals surface area contributed by atoms with Crippen LogP contribution in [0.3, 0.4) is 0 Å². The average molecular weight is 336 g/mol. The number of ether oxygens (including phenoxy) is 1. The predicted octanol–water partition coefficient (Wildman–Crippen LogP) is 3.18. The fourth-order valence-electron chi connectivity index (χ4n) is 5.71. The molecule has 4 aliphatic rings. The third-order valence-corrected chi connectivity index (χ3v) is 6.55. The average Bonchev–Trinajstić information content (AvgIpc) is 3.00. The van der Waals surface area contributed by atoms with Crippen molar-refractivity contribution in [1.82, 2.24) is 9.88 Å². The van der Waals surface area contributed by atoms with Gasteiger partial charge in [-0.15, -0.1) is 0 Å². The van der Waals surface area contributed by atoms with Crippen LogP contribution in [0.5, 0.6) is 0 Å². The number of esters is 1. The van der Waals surface area contributed by atoms with Crippen molar-refractivity contribution in [3.63, 3.8) is 0 Å². The molecule has 4 nitrogen and oxygen atoms in total. The second kappa shape index (κ2) is 5.21. The Morgan fingerprint density at radius 3 is 3.04 bits per heavy atom. The monoisotopic (exact) mass is 336 g/mol. The van der Waals surface area contributed by atoms with E-state index in [1.54, 1.807) is 0 Å². The van der Waals surface area contributed by atoms with E-state index in [2.05, 4.69) is 47.1 Å². The molecule has 25 heavy (non-hydrogen) atoms. The van der Waals surface area contributed by atoms with Crippen LogP contribution in [0.15, 0.2) is 35.9 Å². The fourth-order valence-corrected chi connectivity index (χ4v) is 5.71. The summed E-state index contributed by atoms with van der Waals surface area (Å²) in [6.45, 7) is 4.28. The van der Waals surface area contributed by atoms with Crippen LogP contribution in [0.4, 0.5) is 0 Å². The number of nitrogens with one attached hydrogen (secondary N) is 1. The SMILES string of the molecule is CCC1=CC2CN3CCc4c([nH]c5ccccc45)[C@](C(=O)OC)(C2)[C@H]13. The maximum absolute atomic E-state index is 13.2. The van der Waals surface area contributed by atoms with Crippen molar-refractivity contribution in [1.29, 1.82) is 0 Å². The number of piperidine rings is 1. The first-order chi connectivity index (χ1) is 12.2. The van der Waals surface area contributed by atoms with Crippen molar-refractivity contribution in [2.75, 3.05) is 20.2 Å². The molecular weight excluding hydrogens is 312 g/mol. The standard InChI is InChI=1S/C21H24N2O2/c1-3-14-10-13-11-21(20(24)25-2)18-16(8-9-23(12-13)19(14)21)15-6-4-5-7-17(15)22-18/h4-7,10,13,19,22H,3,8-9,11-12H2,1-2H3/t13?,19-,21+/m0/s1. The zero-order valence-corrected chi connectivity index (χ0v) is 14.8. The summed E-state index contributed by atoms with van der Waals surface area (Å²) < 4.78 is 5.41. The summed E-state index contributed by atoms with van der Waals surface area (Å²) in [5, 5.41) is 1.26. The second-order valence-electron chi connectivity index (χ2n) is 7.69. The van der Waals surface area contributed by atoms with Crippen LogP contribution >= 0.6 is 0 Å². The molecule has 4 heteroatoms. The Morgan fingerprint density at radius 2 is 2.24 bits per heavy atom. The molecule has 4 bridgehead atoms. The van der Waals surface area contributed by atoms with Crippen LogP contribution in [0.25, 0.3) is 10.9 Å². The molecule has 0 saturated carbocycles. The first-order valence-electron chi connectivity index (χ1n) is 9.32. The van der Waals surface area contributed by atoms with Gasteiger partial charge in [-0.2, -0.15) is 0 Å². The molecule has 0 spiro atoms. The maximum atomic E-state index is 13.2. The Bertz CT molecular complexity index is 896. The van der Waals surface area contributed by atoms with E-state index in [0.717, 1.165) is 43.6 Å². The summed E-state index contributed by atoms with van der Waals surface area (Å²) in [5.74, 6) is 0.345. The molecule has 2 aromatic rings. The van der Waals surface area contributed by atoms with Gasteiger partial charge >= 0.3 is 5.97 Å². The van der Waals surface area contributed by atoms with Crippen LogP contribution in [0.2, 0.25) is 0 Å². The van der Waals surface area contributed by atoms with Crippen molar-refractivity contribution in [2.24, 2.45) is 5.92 Å². The van der Waals surface area contributed by atoms with E-state index >= 15 is 0 Å². The highest BCUT2D eigenvalue weighted by Gasteiger charge is 2.60. The molecule has 130 valence electrons. The van der Waals surface area contributed by atoms with Gasteiger partial charge in [-0.05, 0) is 36.8 Å². The highest BCUT2D eigenvalue weighted by Crippen LogP contribution is 2.52. The van der Waals surface area contributed by atoms with Gasteiger partial charge in [-0.3, -0.25) is 9.69 Å². The molecule has 1 saturated heterocycles. The van der Waals surface area contributed by atoms with Gasteiger partial charge in [0.2, 0.25) is 0 Å². The number of nitrogens with zero attached hydrogens (tertiary/aromatic N) is 1. The number of para-hydroxylation sites is 1. The maximum Gasteiger partial charge on any atom is 0.319 e. The zero-order valence-electron chi connectivity index (χ0n) is 14.8. The lowest BCUT2D eigenvalue weighted by Gasteiger charge is -2.53. The van der Waals surface area contributed by atoms with E-state index in [1.807, 2.05) is 0 Å². The normalized spacial score (nSPS) is 32.9. The first-order valence-corrected chi connectivity index (χ1v) is 9.32. The number of methoxy groups -OCH3 is 1. The van der Waals surface area contributed by atoms with E-state index < -0.39 is 5.41 Å². The van der Waals surface area contributed by atoms with Gasteiger partial charge in [0, 0.05) is 29.7 Å². The van der Waals surface area contributed by atoms with Gasteiger partial charge in [0.15, 0.2) is 0 Å². The highest BCUT2D eigenvalue weighted by molar-refractivity contribution is 5.92. The van der Waals surface area contributed by atoms with Gasteiger partial charge in [0.1, 0.15) is 5.41 Å². The smallest absolute Gasteiger partial charge is 0.319 e. The number of fused-ring (bicyclic) bond motifs is 3. The number of carbonyl (C=O) groups is 1. The summed E-state index contributed by atoms with van der Waals surface area (Å²) in [6.07, 6.45) is 5.25. The van der Waals surface area contributed by atoms with E-state index in [9.17, 15) is 4.79 Å². The minimum atomic E-state index is -0.595. The molecule has 0 amide bonds. The number of rotatable bonds is 2. The van der Waals surface area contributed by atoms with E-state index in [-0.39, 0.29) is 12.0 Å². The first kappa shape index (κ1) is 15.2. The molecule has 6 rings (SSSR count). The van der Waals surface area contributed by atoms with Crippen LogP contribution in [-0.2, 0) is 21.4 Å². The Hall–Kier alpha value is -2.07. The molecule has 3 aliphatic heterocycles. The zero-order chi connectivity index (χ0) is 17.2. The van der Waals surface area contributed by atoms with E-state index in [0.29, 0.717) is 5.92 Å². The van der Waals surface area contributed by atoms with Gasteiger partial charge < -0.3 is 9.72 Å². The number of aromatic amines is 1. The third kappa shape index (κ3) is 1.83. The minimum absolute atomic E-state index is 0.0824. The van der Waals surface area contributed by atoms with Crippen LogP contribution in [-0.4, -0.2) is 42.1 Å². The largest absolute Gasteiger partial charge is 0.468 e. The fraction of sp³-hybridized carbons (Fsp3) is 0.476. The van der Waals surface area contributed by atoms with Gasteiger partial charge in [0.25, 0.3) is 0 Å². The molecular formula is C21H24N2O2. The third-order valence-electron chi connectivity index (χ3n) is 6.55. The van der Waals surface area contributed by atoms with Crippen LogP contribution < -0.4 is 0 Å². The van der Waals surface area contributed by atoms with Crippen molar-refractivity contribution < 1.29 is 9.53 Å². The summed E-state index contributed by atoms with van der Waals surface area (Å²) >= 11 is 0. The molecule has 1 aromatic heterocycles. The number of aromatic nitrogens is 1. The van der Waals surface area contributed by atoms with Crippen molar-refractivity contribution in [3.05, 3.63) is 47.2 Å². The summed E-state index contributed by atoms with van der Waals surface area (Å²) in [5.41, 5.74) is 4.36. The summed E-state index contributed by atoms with van der Waals surface area (Å²) in [4.78, 5) is 19.4. The molecule has 0 radical (unpaired) electrons.